The Morgan fingerprint density at radius 3 is 2.39 bits per heavy atom. The molecular formula is C15H16N2O5S. The van der Waals surface area contributed by atoms with Crippen molar-refractivity contribution >= 4 is 21.4 Å². The van der Waals surface area contributed by atoms with Crippen LogP contribution < -0.4 is 9.46 Å². The van der Waals surface area contributed by atoms with Crippen LogP contribution in [0.1, 0.15) is 11.1 Å². The number of rotatable bonds is 5. The van der Waals surface area contributed by atoms with Gasteiger partial charge in [-0.15, -0.1) is 0 Å². The van der Waals surface area contributed by atoms with E-state index in [1.54, 1.807) is 26.0 Å². The summed E-state index contributed by atoms with van der Waals surface area (Å²) >= 11 is 0. The van der Waals surface area contributed by atoms with Crippen LogP contribution in [0.15, 0.2) is 41.3 Å². The molecule has 0 fully saturated rings. The molecule has 0 radical (unpaired) electrons. The SMILES string of the molecule is COc1ccc(C)cc1S(=O)(=O)Nc1ccc([N+](=O)[O-])cc1C. The van der Waals surface area contributed by atoms with Crippen LogP contribution in [0.3, 0.4) is 0 Å². The van der Waals surface area contributed by atoms with Crippen molar-refractivity contribution in [2.45, 2.75) is 18.7 Å². The molecule has 0 saturated heterocycles. The van der Waals surface area contributed by atoms with Crippen molar-refractivity contribution in [1.29, 1.82) is 0 Å². The average Bonchev–Trinajstić information content (AvgIpc) is 2.49. The molecule has 8 heteroatoms. The van der Waals surface area contributed by atoms with Gasteiger partial charge in [0.05, 0.1) is 17.7 Å². The molecule has 0 bridgehead atoms. The van der Waals surface area contributed by atoms with Crippen molar-refractivity contribution < 1.29 is 18.1 Å². The highest BCUT2D eigenvalue weighted by molar-refractivity contribution is 7.92. The second-order valence-corrected chi connectivity index (χ2v) is 6.67. The average molecular weight is 336 g/mol. The van der Waals surface area contributed by atoms with Crippen molar-refractivity contribution in [2.24, 2.45) is 0 Å². The maximum absolute atomic E-state index is 12.6. The molecule has 2 rings (SSSR count). The van der Waals surface area contributed by atoms with E-state index >= 15 is 0 Å². The lowest BCUT2D eigenvalue weighted by Crippen LogP contribution is -2.15. The molecule has 2 aromatic rings. The van der Waals surface area contributed by atoms with Gasteiger partial charge in [0.2, 0.25) is 0 Å². The minimum atomic E-state index is -3.88. The lowest BCUT2D eigenvalue weighted by atomic mass is 10.2. The third kappa shape index (κ3) is 3.59. The van der Waals surface area contributed by atoms with Gasteiger partial charge >= 0.3 is 0 Å². The normalized spacial score (nSPS) is 11.1. The summed E-state index contributed by atoms with van der Waals surface area (Å²) in [6, 6.07) is 8.75. The maximum Gasteiger partial charge on any atom is 0.269 e. The fourth-order valence-electron chi connectivity index (χ4n) is 2.07. The number of sulfonamides is 1. The van der Waals surface area contributed by atoms with E-state index in [2.05, 4.69) is 4.72 Å². The Kier molecular flexibility index (Phi) is 4.55. The topological polar surface area (TPSA) is 98.5 Å². The molecule has 0 amide bonds. The molecule has 0 unspecified atom stereocenters. The Morgan fingerprint density at radius 1 is 1.13 bits per heavy atom. The highest BCUT2D eigenvalue weighted by Gasteiger charge is 2.21. The summed E-state index contributed by atoms with van der Waals surface area (Å²) in [6.45, 7) is 3.37. The van der Waals surface area contributed by atoms with E-state index in [4.69, 9.17) is 4.74 Å². The van der Waals surface area contributed by atoms with E-state index in [1.165, 1.54) is 31.4 Å². The lowest BCUT2D eigenvalue weighted by molar-refractivity contribution is -0.384. The molecule has 0 aliphatic carbocycles. The van der Waals surface area contributed by atoms with Crippen LogP contribution in [0.4, 0.5) is 11.4 Å². The number of hydrogen-bond acceptors (Lipinski definition) is 5. The zero-order valence-electron chi connectivity index (χ0n) is 12.9. The number of nitro groups is 1. The van der Waals surface area contributed by atoms with Crippen molar-refractivity contribution in [3.63, 3.8) is 0 Å². The Morgan fingerprint density at radius 2 is 1.83 bits per heavy atom. The second-order valence-electron chi connectivity index (χ2n) is 5.02. The second kappa shape index (κ2) is 6.25. The number of nitrogens with zero attached hydrogens (tertiary/aromatic N) is 1. The van der Waals surface area contributed by atoms with Gasteiger partial charge in [-0.1, -0.05) is 6.07 Å². The zero-order valence-corrected chi connectivity index (χ0v) is 13.7. The minimum absolute atomic E-state index is 0.0118. The van der Waals surface area contributed by atoms with Crippen molar-refractivity contribution in [3.05, 3.63) is 57.6 Å². The van der Waals surface area contributed by atoms with Gasteiger partial charge in [0, 0.05) is 12.1 Å². The van der Waals surface area contributed by atoms with Crippen LogP contribution >= 0.6 is 0 Å². The highest BCUT2D eigenvalue weighted by Crippen LogP contribution is 2.28. The first-order valence-electron chi connectivity index (χ1n) is 6.67. The summed E-state index contributed by atoms with van der Waals surface area (Å²) in [5, 5.41) is 10.7. The first kappa shape index (κ1) is 16.8. The lowest BCUT2D eigenvalue weighted by Gasteiger charge is -2.13. The van der Waals surface area contributed by atoms with Crippen LogP contribution in [-0.4, -0.2) is 20.5 Å². The van der Waals surface area contributed by atoms with E-state index in [9.17, 15) is 18.5 Å². The number of anilines is 1. The smallest absolute Gasteiger partial charge is 0.269 e. The molecule has 0 aliphatic rings. The van der Waals surface area contributed by atoms with E-state index in [0.29, 0.717) is 5.56 Å². The van der Waals surface area contributed by atoms with Crippen LogP contribution in [0.2, 0.25) is 0 Å². The summed E-state index contributed by atoms with van der Waals surface area (Å²) in [4.78, 5) is 10.2. The Bertz CT molecular complexity index is 862. The molecule has 0 saturated carbocycles. The summed E-state index contributed by atoms with van der Waals surface area (Å²) in [7, 11) is -2.49. The van der Waals surface area contributed by atoms with Gasteiger partial charge in [0.25, 0.3) is 15.7 Å². The third-order valence-electron chi connectivity index (χ3n) is 3.27. The number of hydrogen-bond donors (Lipinski definition) is 1. The molecule has 1 N–H and O–H groups in total. The quantitative estimate of drug-likeness (QED) is 0.668. The zero-order chi connectivity index (χ0) is 17.2. The van der Waals surface area contributed by atoms with Crippen molar-refractivity contribution in [3.8, 4) is 5.75 Å². The van der Waals surface area contributed by atoms with Gasteiger partial charge in [0.1, 0.15) is 10.6 Å². The van der Waals surface area contributed by atoms with Gasteiger partial charge in [-0.25, -0.2) is 8.42 Å². The van der Waals surface area contributed by atoms with E-state index in [0.717, 1.165) is 5.56 Å². The molecule has 0 spiro atoms. The summed E-state index contributed by atoms with van der Waals surface area (Å²) in [5.74, 6) is 0.225. The van der Waals surface area contributed by atoms with E-state index < -0.39 is 14.9 Å². The summed E-state index contributed by atoms with van der Waals surface area (Å²) in [6.07, 6.45) is 0. The monoisotopic (exact) mass is 336 g/mol. The van der Waals surface area contributed by atoms with Gasteiger partial charge in [-0.05, 0) is 43.2 Å². The summed E-state index contributed by atoms with van der Waals surface area (Å²) < 4.78 is 32.7. The standard InChI is InChI=1S/C15H16N2O5S/c1-10-4-7-14(22-3)15(8-10)23(20,21)16-13-6-5-12(17(18)19)9-11(13)2/h4-9,16H,1-3H3. The number of benzene rings is 2. The van der Waals surface area contributed by atoms with Gasteiger partial charge in [0.15, 0.2) is 0 Å². The summed E-state index contributed by atoms with van der Waals surface area (Å²) in [5.41, 5.74) is 1.40. The van der Waals surface area contributed by atoms with Crippen LogP contribution in [-0.2, 0) is 10.0 Å². The fraction of sp³-hybridized carbons (Fsp3) is 0.200. The van der Waals surface area contributed by atoms with E-state index in [1.807, 2.05) is 0 Å². The van der Waals surface area contributed by atoms with Gasteiger partial charge < -0.3 is 4.74 Å². The first-order chi connectivity index (χ1) is 10.7. The molecule has 7 nitrogen and oxygen atoms in total. The molecule has 122 valence electrons. The Hall–Kier alpha value is -2.61. The molecule has 0 aliphatic heterocycles. The molecule has 0 atom stereocenters. The number of aryl methyl sites for hydroxylation is 2. The van der Waals surface area contributed by atoms with Crippen LogP contribution in [0, 0.1) is 24.0 Å². The van der Waals surface area contributed by atoms with Crippen LogP contribution in [0.25, 0.3) is 0 Å². The predicted octanol–water partition coefficient (Wildman–Crippen LogP) is 3.02. The molecule has 23 heavy (non-hydrogen) atoms. The number of nitro benzene ring substituents is 1. The first-order valence-corrected chi connectivity index (χ1v) is 8.15. The molecular weight excluding hydrogens is 320 g/mol. The largest absolute Gasteiger partial charge is 0.495 e. The predicted molar refractivity (Wildman–Crippen MR) is 86.4 cm³/mol. The number of nitrogens with one attached hydrogen (secondary N) is 1. The molecule has 2 aromatic carbocycles. The van der Waals surface area contributed by atoms with Crippen LogP contribution in [0.5, 0.6) is 5.75 Å². The molecule has 0 aromatic heterocycles. The maximum atomic E-state index is 12.6. The van der Waals surface area contributed by atoms with Gasteiger partial charge in [-0.3, -0.25) is 14.8 Å². The Labute approximate surface area is 134 Å². The van der Waals surface area contributed by atoms with Gasteiger partial charge in [-0.2, -0.15) is 0 Å². The fourth-order valence-corrected chi connectivity index (χ4v) is 3.46. The highest BCUT2D eigenvalue weighted by atomic mass is 32.2. The minimum Gasteiger partial charge on any atom is -0.495 e. The number of non-ortho nitro benzene ring substituents is 1. The Balaban J connectivity index is 2.43. The number of methoxy groups -OCH3 is 1. The van der Waals surface area contributed by atoms with Crippen molar-refractivity contribution in [2.75, 3.05) is 11.8 Å². The molecule has 0 heterocycles. The van der Waals surface area contributed by atoms with Crippen molar-refractivity contribution in [1.82, 2.24) is 0 Å². The third-order valence-corrected chi connectivity index (χ3v) is 4.66. The van der Waals surface area contributed by atoms with E-state index in [-0.39, 0.29) is 22.0 Å². The number of ether oxygens (including phenoxy) is 1.